The van der Waals surface area contributed by atoms with Crippen molar-refractivity contribution in [3.63, 3.8) is 0 Å². The Hall–Kier alpha value is -2.01. The van der Waals surface area contributed by atoms with E-state index >= 15 is 0 Å². The van der Waals surface area contributed by atoms with Crippen LogP contribution in [0.25, 0.3) is 0 Å². The number of anilines is 1. The van der Waals surface area contributed by atoms with Crippen molar-refractivity contribution in [2.45, 2.75) is 38.6 Å². The summed E-state index contributed by atoms with van der Waals surface area (Å²) in [6, 6.07) is 9.01. The van der Waals surface area contributed by atoms with Gasteiger partial charge in [-0.05, 0) is 31.4 Å². The number of nitrogens with zero attached hydrogens (tertiary/aromatic N) is 2. The van der Waals surface area contributed by atoms with Gasteiger partial charge in [-0.15, -0.1) is 0 Å². The van der Waals surface area contributed by atoms with Crippen molar-refractivity contribution in [1.29, 1.82) is 0 Å². The molecule has 1 fully saturated rings. The van der Waals surface area contributed by atoms with Crippen molar-refractivity contribution in [2.75, 3.05) is 11.9 Å². The lowest BCUT2D eigenvalue weighted by Gasteiger charge is -2.23. The minimum atomic E-state index is -0.152. The molecule has 0 bridgehead atoms. The van der Waals surface area contributed by atoms with E-state index in [0.29, 0.717) is 17.3 Å². The van der Waals surface area contributed by atoms with Crippen molar-refractivity contribution in [3.05, 3.63) is 46.8 Å². The number of amides is 2. The van der Waals surface area contributed by atoms with Crippen LogP contribution < -0.4 is 5.32 Å². The molecule has 5 nitrogen and oxygen atoms in total. The number of likely N-dealkylation sites (tertiary alicyclic amines) is 1. The summed E-state index contributed by atoms with van der Waals surface area (Å²) in [5.74, 6) is 0.876. The van der Waals surface area contributed by atoms with Gasteiger partial charge in [0.2, 0.25) is 0 Å². The number of hydrogen-bond donors (Lipinski definition) is 1. The van der Waals surface area contributed by atoms with Crippen LogP contribution in [0, 0.1) is 0 Å². The first-order chi connectivity index (χ1) is 11.2. The number of carbonyl (C=O) groups is 1. The smallest absolute Gasteiger partial charge is 0.322 e. The average molecular weight is 334 g/mol. The van der Waals surface area contributed by atoms with E-state index in [1.807, 2.05) is 18.2 Å². The quantitative estimate of drug-likeness (QED) is 0.886. The molecule has 23 heavy (non-hydrogen) atoms. The molecule has 1 aliphatic rings. The number of hydrogen-bond acceptors (Lipinski definition) is 3. The second-order valence-electron chi connectivity index (χ2n) is 5.73. The third-order valence-corrected chi connectivity index (χ3v) is 4.37. The van der Waals surface area contributed by atoms with E-state index in [-0.39, 0.29) is 12.1 Å². The average Bonchev–Trinajstić information content (AvgIpc) is 3.18. The van der Waals surface area contributed by atoms with Gasteiger partial charge in [0.25, 0.3) is 0 Å². The molecule has 6 heteroatoms. The minimum Gasteiger partial charge on any atom is -0.361 e. The molecule has 3 rings (SSSR count). The van der Waals surface area contributed by atoms with Gasteiger partial charge in [-0.3, -0.25) is 0 Å². The van der Waals surface area contributed by atoms with E-state index in [0.717, 1.165) is 37.1 Å². The zero-order valence-electron chi connectivity index (χ0n) is 13.1. The van der Waals surface area contributed by atoms with Gasteiger partial charge >= 0.3 is 6.03 Å². The third kappa shape index (κ3) is 3.50. The Morgan fingerprint density at radius 1 is 1.48 bits per heavy atom. The standard InChI is InChI=1S/C17H20ClN3O2/c1-2-6-12-11-15(20-23-12)16-9-5-10-21(16)17(22)19-14-8-4-3-7-13(14)18/h3-4,7-8,11,16H,2,5-6,9-10H2,1H3,(H,19,22)/t16-/m1/s1. The van der Waals surface area contributed by atoms with Crippen molar-refractivity contribution in [3.8, 4) is 0 Å². The summed E-state index contributed by atoms with van der Waals surface area (Å²) in [5.41, 5.74) is 1.46. The number of nitrogens with one attached hydrogen (secondary N) is 1. The van der Waals surface area contributed by atoms with Gasteiger partial charge in [0.1, 0.15) is 11.5 Å². The van der Waals surface area contributed by atoms with E-state index in [1.54, 1.807) is 17.0 Å². The summed E-state index contributed by atoms with van der Waals surface area (Å²) in [6.45, 7) is 2.80. The van der Waals surface area contributed by atoms with Crippen molar-refractivity contribution in [2.24, 2.45) is 0 Å². The topological polar surface area (TPSA) is 58.4 Å². The summed E-state index contributed by atoms with van der Waals surface area (Å²) < 4.78 is 5.35. The fourth-order valence-electron chi connectivity index (χ4n) is 2.92. The number of aryl methyl sites for hydroxylation is 1. The maximum atomic E-state index is 12.6. The fourth-order valence-corrected chi connectivity index (χ4v) is 3.10. The normalized spacial score (nSPS) is 17.5. The van der Waals surface area contributed by atoms with Crippen molar-refractivity contribution in [1.82, 2.24) is 10.1 Å². The molecule has 1 N–H and O–H groups in total. The largest absolute Gasteiger partial charge is 0.361 e. The number of rotatable bonds is 4. The van der Waals surface area contributed by atoms with Crippen LogP contribution in [0.5, 0.6) is 0 Å². The maximum Gasteiger partial charge on any atom is 0.322 e. The van der Waals surface area contributed by atoms with E-state index in [1.165, 1.54) is 0 Å². The first-order valence-corrected chi connectivity index (χ1v) is 8.34. The van der Waals surface area contributed by atoms with E-state index in [2.05, 4.69) is 17.4 Å². The monoisotopic (exact) mass is 333 g/mol. The Balaban J connectivity index is 1.73. The van der Waals surface area contributed by atoms with Gasteiger partial charge in [-0.1, -0.05) is 35.8 Å². The van der Waals surface area contributed by atoms with Gasteiger partial charge in [0.05, 0.1) is 16.8 Å². The molecule has 122 valence electrons. The van der Waals surface area contributed by atoms with Gasteiger partial charge in [-0.25, -0.2) is 4.79 Å². The van der Waals surface area contributed by atoms with E-state index in [4.69, 9.17) is 16.1 Å². The highest BCUT2D eigenvalue weighted by Crippen LogP contribution is 2.32. The van der Waals surface area contributed by atoms with Gasteiger partial charge in [0, 0.05) is 19.0 Å². The second-order valence-corrected chi connectivity index (χ2v) is 6.14. The van der Waals surface area contributed by atoms with Crippen molar-refractivity contribution >= 4 is 23.3 Å². The summed E-state index contributed by atoms with van der Waals surface area (Å²) in [5, 5.41) is 7.56. The SMILES string of the molecule is CCCc1cc([C@H]2CCCN2C(=O)Nc2ccccc2Cl)no1. The molecule has 0 saturated carbocycles. The number of carbonyl (C=O) groups excluding carboxylic acids is 1. The molecule has 2 amide bonds. The van der Waals surface area contributed by atoms with Crippen LogP contribution in [-0.2, 0) is 6.42 Å². The minimum absolute atomic E-state index is 0.0353. The van der Waals surface area contributed by atoms with Crippen LogP contribution in [0.1, 0.15) is 43.7 Å². The summed E-state index contributed by atoms with van der Waals surface area (Å²) in [4.78, 5) is 14.4. The summed E-state index contributed by atoms with van der Waals surface area (Å²) in [7, 11) is 0. The predicted octanol–water partition coefficient (Wildman–Crippen LogP) is 4.65. The molecule has 0 unspecified atom stereocenters. The second kappa shape index (κ2) is 7.04. The third-order valence-electron chi connectivity index (χ3n) is 4.04. The van der Waals surface area contributed by atoms with Crippen LogP contribution in [0.15, 0.2) is 34.9 Å². The zero-order chi connectivity index (χ0) is 16.2. The Kier molecular flexibility index (Phi) is 4.86. The Morgan fingerprint density at radius 3 is 3.09 bits per heavy atom. The molecule has 2 aromatic rings. The van der Waals surface area contributed by atoms with Gasteiger partial charge in [-0.2, -0.15) is 0 Å². The fraction of sp³-hybridized carbons (Fsp3) is 0.412. The Morgan fingerprint density at radius 2 is 2.30 bits per heavy atom. The lowest BCUT2D eigenvalue weighted by Crippen LogP contribution is -2.34. The highest BCUT2D eigenvalue weighted by atomic mass is 35.5. The van der Waals surface area contributed by atoms with Crippen LogP contribution >= 0.6 is 11.6 Å². The summed E-state index contributed by atoms with van der Waals surface area (Å²) >= 11 is 6.11. The lowest BCUT2D eigenvalue weighted by atomic mass is 10.1. The molecule has 2 heterocycles. The van der Waals surface area contributed by atoms with Crippen molar-refractivity contribution < 1.29 is 9.32 Å². The lowest BCUT2D eigenvalue weighted by molar-refractivity contribution is 0.204. The highest BCUT2D eigenvalue weighted by Gasteiger charge is 2.32. The van der Waals surface area contributed by atoms with E-state index in [9.17, 15) is 4.79 Å². The maximum absolute atomic E-state index is 12.6. The molecule has 0 radical (unpaired) electrons. The van der Waals surface area contributed by atoms with Crippen LogP contribution in [0.2, 0.25) is 5.02 Å². The van der Waals surface area contributed by atoms with Gasteiger partial charge in [0.15, 0.2) is 0 Å². The molecule has 1 saturated heterocycles. The Labute approximate surface area is 140 Å². The van der Waals surface area contributed by atoms with Crippen LogP contribution in [0.4, 0.5) is 10.5 Å². The molecule has 0 aliphatic carbocycles. The first-order valence-electron chi connectivity index (χ1n) is 7.96. The number of para-hydroxylation sites is 1. The first kappa shape index (κ1) is 15.9. The zero-order valence-corrected chi connectivity index (χ0v) is 13.8. The highest BCUT2D eigenvalue weighted by molar-refractivity contribution is 6.33. The summed E-state index contributed by atoms with van der Waals surface area (Å²) in [6.07, 6.45) is 3.73. The molecule has 1 atom stereocenters. The number of urea groups is 1. The molecular weight excluding hydrogens is 314 g/mol. The van der Waals surface area contributed by atoms with E-state index < -0.39 is 0 Å². The Bertz CT molecular complexity index is 686. The number of aromatic nitrogens is 1. The molecule has 1 aromatic carbocycles. The van der Waals surface area contributed by atoms with Crippen LogP contribution in [0.3, 0.4) is 0 Å². The molecule has 1 aromatic heterocycles. The van der Waals surface area contributed by atoms with Gasteiger partial charge < -0.3 is 14.7 Å². The predicted molar refractivity (Wildman–Crippen MR) is 89.6 cm³/mol. The van der Waals surface area contributed by atoms with Crippen LogP contribution in [-0.4, -0.2) is 22.6 Å². The molecule has 1 aliphatic heterocycles. The number of benzene rings is 1. The molecular formula is C17H20ClN3O2. The number of halogens is 1. The molecule has 0 spiro atoms.